The summed E-state index contributed by atoms with van der Waals surface area (Å²) in [5.74, 6) is -1.10. The molecule has 1 fully saturated rings. The lowest BCUT2D eigenvalue weighted by molar-refractivity contribution is 0.509. The Morgan fingerprint density at radius 3 is 2.67 bits per heavy atom. The van der Waals surface area contributed by atoms with E-state index in [2.05, 4.69) is 24.1 Å². The Balaban J connectivity index is 1.91. The zero-order valence-electron chi connectivity index (χ0n) is 12.1. The van der Waals surface area contributed by atoms with E-state index in [1.165, 1.54) is 23.8 Å². The summed E-state index contributed by atoms with van der Waals surface area (Å²) in [6, 6.07) is 4.39. The maximum absolute atomic E-state index is 13.4. The second-order valence-electron chi connectivity index (χ2n) is 5.77. The Kier molecular flexibility index (Phi) is 4.04. The van der Waals surface area contributed by atoms with Crippen LogP contribution in [-0.4, -0.2) is 11.0 Å². The van der Waals surface area contributed by atoms with Crippen molar-refractivity contribution in [2.45, 2.75) is 45.2 Å². The van der Waals surface area contributed by atoms with E-state index >= 15 is 0 Å². The van der Waals surface area contributed by atoms with Gasteiger partial charge in [-0.15, -0.1) is 11.3 Å². The Morgan fingerprint density at radius 2 is 2.05 bits per heavy atom. The van der Waals surface area contributed by atoms with Crippen LogP contribution in [0.2, 0.25) is 0 Å². The van der Waals surface area contributed by atoms with Crippen LogP contribution in [0.5, 0.6) is 0 Å². The monoisotopic (exact) mass is 308 g/mol. The van der Waals surface area contributed by atoms with E-state index in [-0.39, 0.29) is 0 Å². The van der Waals surface area contributed by atoms with Crippen LogP contribution in [0.3, 0.4) is 0 Å². The van der Waals surface area contributed by atoms with Crippen LogP contribution in [0.4, 0.5) is 8.78 Å². The number of nitrogens with zero attached hydrogens (tertiary/aromatic N) is 1. The van der Waals surface area contributed by atoms with Gasteiger partial charge in [-0.2, -0.15) is 0 Å². The Labute approximate surface area is 127 Å². The summed E-state index contributed by atoms with van der Waals surface area (Å²) in [4.78, 5) is 5.89. The molecule has 1 aromatic carbocycles. The van der Waals surface area contributed by atoms with Gasteiger partial charge < -0.3 is 5.32 Å². The van der Waals surface area contributed by atoms with Gasteiger partial charge in [0, 0.05) is 28.9 Å². The summed E-state index contributed by atoms with van der Waals surface area (Å²) in [7, 11) is 0. The lowest BCUT2D eigenvalue weighted by atomic mass is 10.2. The first kappa shape index (κ1) is 14.6. The van der Waals surface area contributed by atoms with Crippen molar-refractivity contribution in [3.8, 4) is 10.6 Å². The van der Waals surface area contributed by atoms with Crippen molar-refractivity contribution >= 4 is 11.3 Å². The molecule has 2 aromatic rings. The van der Waals surface area contributed by atoms with Crippen molar-refractivity contribution in [3.05, 3.63) is 40.4 Å². The van der Waals surface area contributed by atoms with Gasteiger partial charge in [-0.05, 0) is 31.0 Å². The standard InChI is InChI=1S/C16H18F2N2S/c1-9(2)19-8-14-15(10-3-4-10)20-16(21-14)11-5-6-12(17)13(18)7-11/h5-7,9-10,19H,3-4,8H2,1-2H3. The summed E-state index contributed by atoms with van der Waals surface area (Å²) < 4.78 is 26.4. The van der Waals surface area contributed by atoms with E-state index in [0.29, 0.717) is 17.5 Å². The van der Waals surface area contributed by atoms with E-state index in [1.807, 2.05) is 0 Å². The minimum atomic E-state index is -0.822. The van der Waals surface area contributed by atoms with Gasteiger partial charge in [0.25, 0.3) is 0 Å². The fraction of sp³-hybridized carbons (Fsp3) is 0.438. The van der Waals surface area contributed by atoms with Crippen LogP contribution in [0.25, 0.3) is 10.6 Å². The van der Waals surface area contributed by atoms with Crippen LogP contribution < -0.4 is 5.32 Å². The molecular formula is C16H18F2N2S. The summed E-state index contributed by atoms with van der Waals surface area (Å²) in [5, 5.41) is 4.18. The Hall–Kier alpha value is -1.33. The second kappa shape index (κ2) is 5.81. The second-order valence-corrected chi connectivity index (χ2v) is 6.85. The van der Waals surface area contributed by atoms with Crippen LogP contribution in [0.15, 0.2) is 18.2 Å². The molecule has 0 saturated heterocycles. The number of hydrogen-bond donors (Lipinski definition) is 1. The third-order valence-corrected chi connectivity index (χ3v) is 4.65. The molecule has 0 spiro atoms. The molecule has 5 heteroatoms. The molecule has 1 aliphatic carbocycles. The van der Waals surface area contributed by atoms with Crippen LogP contribution in [0, 0.1) is 11.6 Å². The zero-order chi connectivity index (χ0) is 15.0. The number of rotatable bonds is 5. The highest BCUT2D eigenvalue weighted by atomic mass is 32.1. The number of benzene rings is 1. The molecule has 112 valence electrons. The third-order valence-electron chi connectivity index (χ3n) is 3.53. The molecule has 2 nitrogen and oxygen atoms in total. The third kappa shape index (κ3) is 3.30. The molecule has 21 heavy (non-hydrogen) atoms. The Morgan fingerprint density at radius 1 is 1.29 bits per heavy atom. The highest BCUT2D eigenvalue weighted by molar-refractivity contribution is 7.15. The fourth-order valence-electron chi connectivity index (χ4n) is 2.22. The normalized spacial score (nSPS) is 14.9. The summed E-state index contributed by atoms with van der Waals surface area (Å²) in [6.45, 7) is 4.99. The smallest absolute Gasteiger partial charge is 0.159 e. The predicted octanol–water partition coefficient (Wildman–Crippen LogP) is 4.46. The maximum Gasteiger partial charge on any atom is 0.159 e. The van der Waals surface area contributed by atoms with Crippen molar-refractivity contribution in [2.24, 2.45) is 0 Å². The van der Waals surface area contributed by atoms with Crippen molar-refractivity contribution in [1.82, 2.24) is 10.3 Å². The highest BCUT2D eigenvalue weighted by Crippen LogP contribution is 2.44. The lowest BCUT2D eigenvalue weighted by Crippen LogP contribution is -2.21. The quantitative estimate of drug-likeness (QED) is 0.882. The molecule has 0 aliphatic heterocycles. The van der Waals surface area contributed by atoms with Gasteiger partial charge in [0.15, 0.2) is 11.6 Å². The summed E-state index contributed by atoms with van der Waals surface area (Å²) in [5.41, 5.74) is 1.78. The van der Waals surface area contributed by atoms with Crippen molar-refractivity contribution in [2.75, 3.05) is 0 Å². The van der Waals surface area contributed by atoms with Gasteiger partial charge >= 0.3 is 0 Å². The Bertz CT molecular complexity index is 648. The molecule has 0 bridgehead atoms. The van der Waals surface area contributed by atoms with E-state index in [9.17, 15) is 8.78 Å². The SMILES string of the molecule is CC(C)NCc1sc(-c2ccc(F)c(F)c2)nc1C1CC1. The molecule has 0 amide bonds. The number of aromatic nitrogens is 1. The summed E-state index contributed by atoms with van der Waals surface area (Å²) in [6.07, 6.45) is 2.35. The molecule has 0 atom stereocenters. The lowest BCUT2D eigenvalue weighted by Gasteiger charge is -2.07. The van der Waals surface area contributed by atoms with Crippen LogP contribution in [-0.2, 0) is 6.54 Å². The minimum absolute atomic E-state index is 0.408. The molecule has 1 aliphatic rings. The first-order chi connectivity index (χ1) is 10.0. The van der Waals surface area contributed by atoms with Crippen LogP contribution in [0.1, 0.15) is 43.2 Å². The fourth-order valence-corrected chi connectivity index (χ4v) is 3.31. The van der Waals surface area contributed by atoms with Gasteiger partial charge in [0.05, 0.1) is 5.69 Å². The zero-order valence-corrected chi connectivity index (χ0v) is 12.9. The van der Waals surface area contributed by atoms with E-state index in [1.54, 1.807) is 17.4 Å². The van der Waals surface area contributed by atoms with E-state index in [4.69, 9.17) is 0 Å². The molecule has 0 unspecified atom stereocenters. The average molecular weight is 308 g/mol. The molecule has 0 radical (unpaired) electrons. The number of hydrogen-bond acceptors (Lipinski definition) is 3. The first-order valence-corrected chi connectivity index (χ1v) is 8.04. The minimum Gasteiger partial charge on any atom is -0.310 e. The van der Waals surface area contributed by atoms with Gasteiger partial charge in [0.2, 0.25) is 0 Å². The van der Waals surface area contributed by atoms with E-state index < -0.39 is 11.6 Å². The summed E-state index contributed by atoms with van der Waals surface area (Å²) >= 11 is 1.57. The molecule has 3 rings (SSSR count). The van der Waals surface area contributed by atoms with Crippen molar-refractivity contribution < 1.29 is 8.78 Å². The van der Waals surface area contributed by atoms with Crippen molar-refractivity contribution in [3.63, 3.8) is 0 Å². The first-order valence-electron chi connectivity index (χ1n) is 7.23. The number of nitrogens with one attached hydrogen (secondary N) is 1. The van der Waals surface area contributed by atoms with Gasteiger partial charge in [-0.3, -0.25) is 0 Å². The number of thiazole rings is 1. The highest BCUT2D eigenvalue weighted by Gasteiger charge is 2.29. The van der Waals surface area contributed by atoms with Crippen molar-refractivity contribution in [1.29, 1.82) is 0 Å². The molecule has 1 heterocycles. The largest absolute Gasteiger partial charge is 0.310 e. The molecule has 1 saturated carbocycles. The molecule has 1 aromatic heterocycles. The van der Waals surface area contributed by atoms with Gasteiger partial charge in [-0.25, -0.2) is 13.8 Å². The molecular weight excluding hydrogens is 290 g/mol. The average Bonchev–Trinajstić information content (AvgIpc) is 3.20. The topological polar surface area (TPSA) is 24.9 Å². The predicted molar refractivity (Wildman–Crippen MR) is 81.4 cm³/mol. The van der Waals surface area contributed by atoms with E-state index in [0.717, 1.165) is 23.3 Å². The maximum atomic E-state index is 13.4. The van der Waals surface area contributed by atoms with Gasteiger partial charge in [-0.1, -0.05) is 13.8 Å². The number of halogens is 2. The van der Waals surface area contributed by atoms with Crippen LogP contribution >= 0.6 is 11.3 Å². The van der Waals surface area contributed by atoms with Gasteiger partial charge in [0.1, 0.15) is 5.01 Å². The molecule has 1 N–H and O–H groups in total.